The zero-order chi connectivity index (χ0) is 23.2. The molecule has 0 amide bonds. The number of benzene rings is 3. The number of hydrogen-bond donors (Lipinski definition) is 1. The minimum atomic E-state index is -0.659. The van der Waals surface area contributed by atoms with E-state index in [2.05, 4.69) is 0 Å². The van der Waals surface area contributed by atoms with Crippen molar-refractivity contribution < 1.29 is 24.1 Å². The summed E-state index contributed by atoms with van der Waals surface area (Å²) in [5.41, 5.74) is 3.82. The number of rotatable bonds is 5. The molecule has 5 nitrogen and oxygen atoms in total. The molecule has 0 saturated carbocycles. The lowest BCUT2D eigenvalue weighted by Crippen LogP contribution is -2.37. The molecule has 3 aromatic rings. The molecule has 0 spiro atoms. The van der Waals surface area contributed by atoms with Gasteiger partial charge in [0.25, 0.3) is 0 Å². The first-order valence-corrected chi connectivity index (χ1v) is 10.9. The number of esters is 1. The van der Waals surface area contributed by atoms with Gasteiger partial charge in [-0.3, -0.25) is 4.79 Å². The van der Waals surface area contributed by atoms with Crippen molar-refractivity contribution in [2.75, 3.05) is 13.7 Å². The van der Waals surface area contributed by atoms with Crippen molar-refractivity contribution in [3.8, 4) is 17.2 Å². The Labute approximate surface area is 188 Å². The van der Waals surface area contributed by atoms with Gasteiger partial charge in [0.05, 0.1) is 13.0 Å². The number of carbonyl (C=O) groups excluding carboxylic acids is 1. The summed E-state index contributed by atoms with van der Waals surface area (Å²) >= 11 is 0. The highest BCUT2D eigenvalue weighted by atomic mass is 16.6. The van der Waals surface area contributed by atoms with Gasteiger partial charge >= 0.3 is 5.97 Å². The Kier molecular flexibility index (Phi) is 5.53. The lowest BCUT2D eigenvalue weighted by Gasteiger charge is -2.25. The highest BCUT2D eigenvalue weighted by Crippen LogP contribution is 2.45. The third kappa shape index (κ3) is 3.77. The Bertz CT molecular complexity index is 1170. The van der Waals surface area contributed by atoms with Crippen molar-refractivity contribution in [1.29, 1.82) is 0 Å². The van der Waals surface area contributed by atoms with Crippen molar-refractivity contribution >= 4 is 16.7 Å². The van der Waals surface area contributed by atoms with Gasteiger partial charge in [0.2, 0.25) is 0 Å². The SMILES string of the molecule is COc1ccc2cc([C@H](C)C(=O)OC[C@@]3(C)Cc4c(C)c(O)c(C)c(C)c4O3)ccc2c1. The molecule has 0 fully saturated rings. The van der Waals surface area contributed by atoms with Crippen LogP contribution in [-0.4, -0.2) is 30.4 Å². The fourth-order valence-electron chi connectivity index (χ4n) is 4.38. The number of fused-ring (bicyclic) bond motifs is 2. The van der Waals surface area contributed by atoms with E-state index in [1.807, 2.05) is 71.0 Å². The summed E-state index contributed by atoms with van der Waals surface area (Å²) in [6.45, 7) is 9.68. The summed E-state index contributed by atoms with van der Waals surface area (Å²) < 4.78 is 17.3. The molecule has 1 N–H and O–H groups in total. The molecule has 1 aliphatic heterocycles. The molecule has 1 heterocycles. The summed E-state index contributed by atoms with van der Waals surface area (Å²) in [5.74, 6) is 1.23. The van der Waals surface area contributed by atoms with E-state index in [1.54, 1.807) is 7.11 Å². The minimum absolute atomic E-state index is 0.147. The molecule has 0 radical (unpaired) electrons. The van der Waals surface area contributed by atoms with Gasteiger partial charge in [0, 0.05) is 12.0 Å². The van der Waals surface area contributed by atoms with Gasteiger partial charge in [-0.1, -0.05) is 24.3 Å². The normalized spacial score (nSPS) is 18.2. The van der Waals surface area contributed by atoms with Crippen molar-refractivity contribution in [3.05, 3.63) is 64.2 Å². The molecule has 0 bridgehead atoms. The molecule has 4 rings (SSSR count). The molecule has 32 heavy (non-hydrogen) atoms. The van der Waals surface area contributed by atoms with Crippen molar-refractivity contribution in [3.63, 3.8) is 0 Å². The molecule has 168 valence electrons. The number of phenolic OH excluding ortho intramolecular Hbond substituents is 1. The standard InChI is InChI=1S/C27H30O5/c1-15-16(2)25-23(18(4)24(15)28)13-27(5,32-25)14-31-26(29)17(3)19-7-8-21-12-22(30-6)10-9-20(21)11-19/h7-12,17,28H,13-14H2,1-6H3/t17-,27+/m0/s1. The molecule has 3 aromatic carbocycles. The van der Waals surface area contributed by atoms with Gasteiger partial charge in [0.15, 0.2) is 0 Å². The molecule has 2 atom stereocenters. The molecule has 0 saturated heterocycles. The molecule has 1 aliphatic rings. The fourth-order valence-corrected chi connectivity index (χ4v) is 4.38. The molecule has 0 aliphatic carbocycles. The number of phenols is 1. The number of ether oxygens (including phenoxy) is 3. The van der Waals surface area contributed by atoms with Gasteiger partial charge in [-0.2, -0.15) is 0 Å². The second-order valence-electron chi connectivity index (χ2n) is 9.06. The number of aromatic hydroxyl groups is 1. The van der Waals surface area contributed by atoms with Crippen LogP contribution in [0.2, 0.25) is 0 Å². The van der Waals surface area contributed by atoms with Gasteiger partial charge in [0.1, 0.15) is 29.5 Å². The van der Waals surface area contributed by atoms with E-state index in [1.165, 1.54) is 0 Å². The van der Waals surface area contributed by atoms with Gasteiger partial charge in [-0.05, 0) is 79.8 Å². The summed E-state index contributed by atoms with van der Waals surface area (Å²) in [6, 6.07) is 11.8. The Morgan fingerprint density at radius 3 is 2.50 bits per heavy atom. The minimum Gasteiger partial charge on any atom is -0.507 e. The van der Waals surface area contributed by atoms with Crippen molar-refractivity contribution in [1.82, 2.24) is 0 Å². The Balaban J connectivity index is 1.47. The lowest BCUT2D eigenvalue weighted by molar-refractivity contribution is -0.150. The molecule has 5 heteroatoms. The van der Waals surface area contributed by atoms with Gasteiger partial charge in [-0.15, -0.1) is 0 Å². The van der Waals surface area contributed by atoms with Crippen LogP contribution in [0.3, 0.4) is 0 Å². The molecular weight excluding hydrogens is 404 g/mol. The van der Waals surface area contributed by atoms with Crippen LogP contribution in [0.5, 0.6) is 17.2 Å². The molecule has 0 aromatic heterocycles. The van der Waals surface area contributed by atoms with Gasteiger partial charge < -0.3 is 19.3 Å². The van der Waals surface area contributed by atoms with E-state index in [0.717, 1.165) is 50.1 Å². The predicted molar refractivity (Wildman–Crippen MR) is 125 cm³/mol. The average molecular weight is 435 g/mol. The van der Waals surface area contributed by atoms with E-state index in [9.17, 15) is 9.90 Å². The largest absolute Gasteiger partial charge is 0.507 e. The first kappa shape index (κ1) is 22.0. The summed E-state index contributed by atoms with van der Waals surface area (Å²) in [7, 11) is 1.65. The van der Waals surface area contributed by atoms with E-state index in [0.29, 0.717) is 12.2 Å². The third-order valence-electron chi connectivity index (χ3n) is 6.68. The number of hydrogen-bond acceptors (Lipinski definition) is 5. The smallest absolute Gasteiger partial charge is 0.313 e. The van der Waals surface area contributed by atoms with E-state index in [4.69, 9.17) is 14.2 Å². The van der Waals surface area contributed by atoms with E-state index < -0.39 is 11.5 Å². The highest BCUT2D eigenvalue weighted by molar-refractivity contribution is 5.86. The maximum Gasteiger partial charge on any atom is 0.313 e. The maximum atomic E-state index is 12.9. The van der Waals surface area contributed by atoms with Crippen molar-refractivity contribution in [2.24, 2.45) is 0 Å². The van der Waals surface area contributed by atoms with Crippen LogP contribution in [0.15, 0.2) is 36.4 Å². The second-order valence-corrected chi connectivity index (χ2v) is 9.06. The Morgan fingerprint density at radius 2 is 1.78 bits per heavy atom. The zero-order valence-corrected chi connectivity index (χ0v) is 19.5. The summed E-state index contributed by atoms with van der Waals surface area (Å²) in [4.78, 5) is 12.9. The fraction of sp³-hybridized carbons (Fsp3) is 0.370. The van der Waals surface area contributed by atoms with Crippen molar-refractivity contribution in [2.45, 2.75) is 52.6 Å². The lowest BCUT2D eigenvalue weighted by atomic mass is 9.93. The quantitative estimate of drug-likeness (QED) is 0.536. The number of methoxy groups -OCH3 is 1. The van der Waals surface area contributed by atoms with E-state index in [-0.39, 0.29) is 12.6 Å². The van der Waals surface area contributed by atoms with Crippen LogP contribution in [-0.2, 0) is 16.0 Å². The zero-order valence-electron chi connectivity index (χ0n) is 19.5. The number of carbonyl (C=O) groups is 1. The van der Waals surface area contributed by atoms with Crippen LogP contribution in [0, 0.1) is 20.8 Å². The van der Waals surface area contributed by atoms with Crippen LogP contribution in [0.1, 0.15) is 47.6 Å². The van der Waals surface area contributed by atoms with Crippen LogP contribution < -0.4 is 9.47 Å². The second kappa shape index (κ2) is 8.05. The topological polar surface area (TPSA) is 65.0 Å². The Hall–Kier alpha value is -3.21. The van der Waals surface area contributed by atoms with Crippen LogP contribution in [0.25, 0.3) is 10.8 Å². The predicted octanol–water partition coefficient (Wildman–Crippen LogP) is 5.52. The van der Waals surface area contributed by atoms with Crippen LogP contribution in [0.4, 0.5) is 0 Å². The van der Waals surface area contributed by atoms with Crippen LogP contribution >= 0.6 is 0 Å². The summed E-state index contributed by atoms with van der Waals surface area (Å²) in [5, 5.41) is 12.5. The highest BCUT2D eigenvalue weighted by Gasteiger charge is 2.39. The first-order valence-electron chi connectivity index (χ1n) is 10.9. The summed E-state index contributed by atoms with van der Waals surface area (Å²) in [6.07, 6.45) is 0.586. The average Bonchev–Trinajstić information content (AvgIpc) is 3.16. The van der Waals surface area contributed by atoms with Gasteiger partial charge in [-0.25, -0.2) is 0 Å². The van der Waals surface area contributed by atoms with E-state index >= 15 is 0 Å². The Morgan fingerprint density at radius 1 is 1.09 bits per heavy atom. The third-order valence-corrected chi connectivity index (χ3v) is 6.68. The monoisotopic (exact) mass is 434 g/mol. The molecular formula is C27H30O5. The molecule has 0 unspecified atom stereocenters. The first-order chi connectivity index (χ1) is 15.1. The maximum absolute atomic E-state index is 12.9.